The fraction of sp³-hybridized carbons (Fsp3) is 0.790. The lowest BCUT2D eigenvalue weighted by Gasteiger charge is -2.18. The number of hydrogen-bond donors (Lipinski definition) is 0. The van der Waals surface area contributed by atoms with Gasteiger partial charge in [0.25, 0.3) is 0 Å². The van der Waals surface area contributed by atoms with Crippen LogP contribution < -0.4 is 0 Å². The first-order valence-corrected chi connectivity index (χ1v) is 29.3. The van der Waals surface area contributed by atoms with Crippen LogP contribution in [-0.4, -0.2) is 37.2 Å². The van der Waals surface area contributed by atoms with Crippen molar-refractivity contribution in [1.82, 2.24) is 0 Å². The van der Waals surface area contributed by atoms with Crippen LogP contribution in [0, 0.1) is 0 Å². The molecule has 6 nitrogen and oxygen atoms in total. The van der Waals surface area contributed by atoms with Crippen LogP contribution in [0.4, 0.5) is 0 Å². The van der Waals surface area contributed by atoms with E-state index >= 15 is 0 Å². The number of hydrogen-bond acceptors (Lipinski definition) is 6. The maximum atomic E-state index is 12.8. The Kier molecular flexibility index (Phi) is 54.3. The van der Waals surface area contributed by atoms with Crippen molar-refractivity contribution in [3.8, 4) is 0 Å². The second kappa shape index (κ2) is 56.7. The zero-order valence-corrected chi connectivity index (χ0v) is 45.1. The summed E-state index contributed by atoms with van der Waals surface area (Å²) in [4.78, 5) is 38.0. The molecule has 1 atom stereocenters. The predicted molar refractivity (Wildman–Crippen MR) is 293 cm³/mol. The molecule has 0 amide bonds. The molecule has 0 bridgehead atoms. The molecule has 68 heavy (non-hydrogen) atoms. The van der Waals surface area contributed by atoms with E-state index < -0.39 is 6.10 Å². The van der Waals surface area contributed by atoms with Gasteiger partial charge in [0.05, 0.1) is 0 Å². The third-order valence-corrected chi connectivity index (χ3v) is 12.7. The summed E-state index contributed by atoms with van der Waals surface area (Å²) in [5, 5.41) is 0. The van der Waals surface area contributed by atoms with Gasteiger partial charge in [0.15, 0.2) is 6.10 Å². The topological polar surface area (TPSA) is 78.9 Å². The van der Waals surface area contributed by atoms with Crippen LogP contribution in [0.2, 0.25) is 0 Å². The van der Waals surface area contributed by atoms with Crippen LogP contribution in [0.5, 0.6) is 0 Å². The van der Waals surface area contributed by atoms with Gasteiger partial charge in [-0.15, -0.1) is 0 Å². The lowest BCUT2D eigenvalue weighted by molar-refractivity contribution is -0.167. The van der Waals surface area contributed by atoms with Gasteiger partial charge in [-0.1, -0.05) is 248 Å². The summed E-state index contributed by atoms with van der Waals surface area (Å²) in [5.41, 5.74) is 0. The van der Waals surface area contributed by atoms with E-state index in [0.717, 1.165) is 96.3 Å². The zero-order valence-electron chi connectivity index (χ0n) is 45.1. The summed E-state index contributed by atoms with van der Waals surface area (Å²) >= 11 is 0. The Morgan fingerprint density at radius 3 is 0.853 bits per heavy atom. The minimum absolute atomic E-state index is 0.0784. The third kappa shape index (κ3) is 54.1. The number of rotatable bonds is 53. The number of esters is 3. The van der Waals surface area contributed by atoms with E-state index in [9.17, 15) is 14.4 Å². The lowest BCUT2D eigenvalue weighted by Crippen LogP contribution is -2.30. The van der Waals surface area contributed by atoms with E-state index in [-0.39, 0.29) is 31.1 Å². The van der Waals surface area contributed by atoms with Crippen LogP contribution in [0.1, 0.15) is 297 Å². The van der Waals surface area contributed by atoms with E-state index in [4.69, 9.17) is 14.2 Å². The van der Waals surface area contributed by atoms with Crippen LogP contribution in [0.15, 0.2) is 60.8 Å². The fourth-order valence-corrected chi connectivity index (χ4v) is 8.30. The molecule has 0 aromatic carbocycles. The second-order valence-electron chi connectivity index (χ2n) is 19.6. The molecule has 1 unspecified atom stereocenters. The summed E-state index contributed by atoms with van der Waals surface area (Å²) in [7, 11) is 0. The average molecular weight is 952 g/mol. The van der Waals surface area contributed by atoms with Crippen LogP contribution in [-0.2, 0) is 28.6 Å². The Bertz CT molecular complexity index is 1230. The Balaban J connectivity index is 4.16. The molecule has 0 aliphatic heterocycles. The van der Waals surface area contributed by atoms with Gasteiger partial charge >= 0.3 is 17.9 Å². The molecule has 0 aliphatic rings. The molecule has 0 spiro atoms. The number of ether oxygens (including phenoxy) is 3. The number of allylic oxidation sites excluding steroid dienone is 10. The molecule has 0 aromatic rings. The van der Waals surface area contributed by atoms with E-state index in [2.05, 4.69) is 81.5 Å². The van der Waals surface area contributed by atoms with Crippen molar-refractivity contribution in [3.05, 3.63) is 60.8 Å². The van der Waals surface area contributed by atoms with Crippen molar-refractivity contribution in [2.75, 3.05) is 13.2 Å². The highest BCUT2D eigenvalue weighted by molar-refractivity contribution is 5.71. The van der Waals surface area contributed by atoms with Gasteiger partial charge in [0.2, 0.25) is 0 Å². The van der Waals surface area contributed by atoms with E-state index in [1.165, 1.54) is 161 Å². The van der Waals surface area contributed by atoms with Gasteiger partial charge in [-0.3, -0.25) is 14.4 Å². The summed E-state index contributed by atoms with van der Waals surface area (Å²) in [5.74, 6) is -0.890. The van der Waals surface area contributed by atoms with Crippen molar-refractivity contribution in [1.29, 1.82) is 0 Å². The average Bonchev–Trinajstić information content (AvgIpc) is 3.34. The van der Waals surface area contributed by atoms with Gasteiger partial charge in [0, 0.05) is 19.3 Å². The number of unbranched alkanes of at least 4 members (excludes halogenated alkanes) is 32. The maximum absolute atomic E-state index is 12.8. The zero-order chi connectivity index (χ0) is 49.3. The van der Waals surface area contributed by atoms with Crippen molar-refractivity contribution < 1.29 is 28.6 Å². The summed E-state index contributed by atoms with van der Waals surface area (Å²) < 4.78 is 16.8. The number of carbonyl (C=O) groups is 3. The summed E-state index contributed by atoms with van der Waals surface area (Å²) in [6, 6.07) is 0. The normalized spacial score (nSPS) is 12.5. The first-order valence-electron chi connectivity index (χ1n) is 29.3. The highest BCUT2D eigenvalue weighted by Gasteiger charge is 2.19. The molecule has 0 heterocycles. The van der Waals surface area contributed by atoms with Gasteiger partial charge in [-0.2, -0.15) is 0 Å². The molecule has 0 radical (unpaired) electrons. The molecule has 394 valence electrons. The molecule has 0 aliphatic carbocycles. The van der Waals surface area contributed by atoms with E-state index in [0.29, 0.717) is 19.3 Å². The fourth-order valence-electron chi connectivity index (χ4n) is 8.30. The summed E-state index contributed by atoms with van der Waals surface area (Å²) in [6.07, 6.45) is 70.9. The molecule has 0 fully saturated rings. The van der Waals surface area contributed by atoms with Crippen LogP contribution in [0.3, 0.4) is 0 Å². The molecule has 6 heteroatoms. The van der Waals surface area contributed by atoms with Crippen molar-refractivity contribution in [3.63, 3.8) is 0 Å². The Morgan fingerprint density at radius 2 is 0.529 bits per heavy atom. The monoisotopic (exact) mass is 951 g/mol. The SMILES string of the molecule is CCCCC/C=C\C/C=C\CCCCCCCC(=O)OC(COC(=O)CCCCCCCCCC)COC(=O)CCCCCCCCCCCCCC/C=C\C/C=C\C/C=C\CCCCCCC. The Hall–Kier alpha value is -2.89. The minimum atomic E-state index is -0.779. The molecule has 0 aromatic heterocycles. The molecule has 0 saturated heterocycles. The van der Waals surface area contributed by atoms with Crippen molar-refractivity contribution >= 4 is 17.9 Å². The molecular formula is C62H110O6. The van der Waals surface area contributed by atoms with Gasteiger partial charge in [-0.05, 0) is 89.9 Å². The first kappa shape index (κ1) is 65.1. The quantitative estimate of drug-likeness (QED) is 0.0262. The molecule has 0 N–H and O–H groups in total. The summed E-state index contributed by atoms with van der Waals surface area (Å²) in [6.45, 7) is 6.58. The second-order valence-corrected chi connectivity index (χ2v) is 19.6. The molecule has 0 rings (SSSR count). The van der Waals surface area contributed by atoms with Gasteiger partial charge < -0.3 is 14.2 Å². The smallest absolute Gasteiger partial charge is 0.306 e. The Labute approximate surface area is 421 Å². The standard InChI is InChI=1S/C62H110O6/c1-4-7-10-13-16-19-21-23-25-26-27-28-29-30-31-32-33-34-35-36-38-39-41-43-46-49-52-55-61(64)67-58-59(57-66-60(63)54-51-48-45-18-15-12-9-6-3)68-62(65)56-53-50-47-44-42-40-37-24-22-20-17-14-11-8-5-2/h17,20-21,23-24,26-27,29-30,37,59H,4-16,18-19,22,25,28,31-36,38-58H2,1-3H3/b20-17-,23-21-,27-26-,30-29-,37-24-. The van der Waals surface area contributed by atoms with Crippen molar-refractivity contribution in [2.24, 2.45) is 0 Å². The largest absolute Gasteiger partial charge is 0.462 e. The van der Waals surface area contributed by atoms with Gasteiger partial charge in [-0.25, -0.2) is 0 Å². The lowest BCUT2D eigenvalue weighted by atomic mass is 10.0. The van der Waals surface area contributed by atoms with E-state index in [1.54, 1.807) is 0 Å². The third-order valence-electron chi connectivity index (χ3n) is 12.7. The van der Waals surface area contributed by atoms with Crippen molar-refractivity contribution in [2.45, 2.75) is 303 Å². The molecular weight excluding hydrogens is 841 g/mol. The van der Waals surface area contributed by atoms with E-state index in [1.807, 2.05) is 0 Å². The highest BCUT2D eigenvalue weighted by Crippen LogP contribution is 2.16. The Morgan fingerprint density at radius 1 is 0.294 bits per heavy atom. The van der Waals surface area contributed by atoms with Gasteiger partial charge in [0.1, 0.15) is 13.2 Å². The number of carbonyl (C=O) groups excluding carboxylic acids is 3. The van der Waals surface area contributed by atoms with Crippen LogP contribution >= 0.6 is 0 Å². The minimum Gasteiger partial charge on any atom is -0.462 e. The first-order chi connectivity index (χ1) is 33.5. The highest BCUT2D eigenvalue weighted by atomic mass is 16.6. The predicted octanol–water partition coefficient (Wildman–Crippen LogP) is 19.6. The molecule has 0 saturated carbocycles. The van der Waals surface area contributed by atoms with Crippen LogP contribution in [0.25, 0.3) is 0 Å². The maximum Gasteiger partial charge on any atom is 0.306 e.